The van der Waals surface area contributed by atoms with Crippen molar-refractivity contribution < 1.29 is 36.1 Å². The zero-order valence-electron chi connectivity index (χ0n) is 16.2. The first-order valence-electron chi connectivity index (χ1n) is 9.45. The Bertz CT molecular complexity index is 943. The van der Waals surface area contributed by atoms with Gasteiger partial charge >= 0.3 is 6.18 Å². The fourth-order valence-corrected chi connectivity index (χ4v) is 4.36. The van der Waals surface area contributed by atoms with E-state index in [4.69, 9.17) is 0 Å². The molecule has 4 nitrogen and oxygen atoms in total. The molecule has 10 heteroatoms. The quantitative estimate of drug-likeness (QED) is 0.573. The lowest BCUT2D eigenvalue weighted by Gasteiger charge is -2.30. The van der Waals surface area contributed by atoms with Gasteiger partial charge < -0.3 is 10.4 Å². The Morgan fingerprint density at radius 2 is 1.65 bits per heavy atom. The Balaban J connectivity index is 1.61. The topological polar surface area (TPSA) is 66.4 Å². The minimum atomic E-state index is -5.57. The molecule has 3 rings (SSSR count). The van der Waals surface area contributed by atoms with Crippen LogP contribution in [0.4, 0.5) is 27.6 Å². The summed E-state index contributed by atoms with van der Waals surface area (Å²) in [5, 5.41) is 12.0. The van der Waals surface area contributed by atoms with Gasteiger partial charge in [-0.3, -0.25) is 9.00 Å². The highest BCUT2D eigenvalue weighted by Gasteiger charge is 2.61. The van der Waals surface area contributed by atoms with Crippen LogP contribution in [0.2, 0.25) is 0 Å². The van der Waals surface area contributed by atoms with Crippen molar-refractivity contribution in [1.29, 1.82) is 0 Å². The van der Waals surface area contributed by atoms with Crippen molar-refractivity contribution in [3.63, 3.8) is 0 Å². The average Bonchev–Trinajstić information content (AvgIpc) is 3.51. The third-order valence-electron chi connectivity index (χ3n) is 4.99. The van der Waals surface area contributed by atoms with Crippen molar-refractivity contribution in [3.8, 4) is 0 Å². The number of anilines is 1. The van der Waals surface area contributed by atoms with Crippen LogP contribution < -0.4 is 5.32 Å². The van der Waals surface area contributed by atoms with E-state index in [0.29, 0.717) is 34.3 Å². The molecule has 2 aromatic rings. The van der Waals surface area contributed by atoms with Crippen molar-refractivity contribution >= 4 is 22.4 Å². The lowest BCUT2D eigenvalue weighted by molar-refractivity contribution is -0.305. The van der Waals surface area contributed by atoms with Crippen molar-refractivity contribution in [1.82, 2.24) is 0 Å². The maximum Gasteiger partial charge on any atom is 0.427 e. The summed E-state index contributed by atoms with van der Waals surface area (Å²) in [4.78, 5) is 12.9. The van der Waals surface area contributed by atoms with Gasteiger partial charge in [-0.2, -0.15) is 13.2 Å². The predicted octanol–water partition coefficient (Wildman–Crippen LogP) is 4.40. The number of hydrogen-bond donors (Lipinski definition) is 2. The number of halogens is 5. The van der Waals surface area contributed by atoms with Crippen molar-refractivity contribution in [2.45, 2.75) is 42.4 Å². The Morgan fingerprint density at radius 3 is 2.13 bits per heavy atom. The highest BCUT2D eigenvalue weighted by atomic mass is 32.2. The zero-order valence-corrected chi connectivity index (χ0v) is 17.0. The highest BCUT2D eigenvalue weighted by Crippen LogP contribution is 2.43. The van der Waals surface area contributed by atoms with Crippen LogP contribution in [0.3, 0.4) is 0 Å². The van der Waals surface area contributed by atoms with Gasteiger partial charge in [0.15, 0.2) is 0 Å². The largest absolute Gasteiger partial charge is 0.427 e. The Morgan fingerprint density at radius 1 is 1.06 bits per heavy atom. The molecule has 31 heavy (non-hydrogen) atoms. The SMILES string of the molecule is O=C(Cc1ccc(S(=O)CC2CC2)cc1)Nc1ccc([C@@](O)(C(F)F)C(F)(F)F)cc1. The molecule has 0 aliphatic heterocycles. The third kappa shape index (κ3) is 5.48. The summed E-state index contributed by atoms with van der Waals surface area (Å²) >= 11 is 0. The predicted molar refractivity (Wildman–Crippen MR) is 105 cm³/mol. The summed E-state index contributed by atoms with van der Waals surface area (Å²) in [5.74, 6) is 0.676. The molecule has 0 spiro atoms. The normalized spacial score (nSPS) is 17.3. The van der Waals surface area contributed by atoms with Crippen LogP contribution in [0.25, 0.3) is 0 Å². The second-order valence-corrected chi connectivity index (χ2v) is 8.96. The second kappa shape index (κ2) is 9.04. The summed E-state index contributed by atoms with van der Waals surface area (Å²) in [7, 11) is -1.08. The first-order valence-corrected chi connectivity index (χ1v) is 10.8. The van der Waals surface area contributed by atoms with Gasteiger partial charge in [0.2, 0.25) is 11.5 Å². The first-order chi connectivity index (χ1) is 14.5. The molecule has 0 saturated heterocycles. The number of nitrogens with one attached hydrogen (secondary N) is 1. The molecule has 1 aliphatic carbocycles. The summed E-state index contributed by atoms with van der Waals surface area (Å²) in [6, 6.07) is 10.1. The molecule has 1 amide bonds. The van der Waals surface area contributed by atoms with Crippen LogP contribution in [-0.2, 0) is 27.6 Å². The molecule has 1 saturated carbocycles. The Kier molecular flexibility index (Phi) is 6.80. The lowest BCUT2D eigenvalue weighted by Crippen LogP contribution is -2.48. The number of hydrogen-bond acceptors (Lipinski definition) is 3. The molecule has 1 fully saturated rings. The van der Waals surface area contributed by atoms with Crippen LogP contribution in [0, 0.1) is 5.92 Å². The number of carbonyl (C=O) groups excluding carboxylic acids is 1. The maximum absolute atomic E-state index is 12.9. The molecule has 2 N–H and O–H groups in total. The zero-order chi connectivity index (χ0) is 22.8. The van der Waals surface area contributed by atoms with Crippen LogP contribution in [0.5, 0.6) is 0 Å². The van der Waals surface area contributed by atoms with Gasteiger partial charge in [-0.1, -0.05) is 24.3 Å². The molecule has 1 aliphatic rings. The van der Waals surface area contributed by atoms with Crippen molar-refractivity contribution in [3.05, 3.63) is 59.7 Å². The third-order valence-corrected chi connectivity index (χ3v) is 6.56. The molecule has 1 unspecified atom stereocenters. The molecular weight excluding hydrogens is 441 g/mol. The highest BCUT2D eigenvalue weighted by molar-refractivity contribution is 7.85. The molecule has 0 radical (unpaired) electrons. The van der Waals surface area contributed by atoms with E-state index in [1.807, 2.05) is 0 Å². The number of carbonyl (C=O) groups is 1. The molecule has 2 aromatic carbocycles. The molecule has 0 heterocycles. The van der Waals surface area contributed by atoms with Gasteiger partial charge in [0.05, 0.1) is 17.2 Å². The Hall–Kier alpha value is -2.33. The van der Waals surface area contributed by atoms with Crippen molar-refractivity contribution in [2.75, 3.05) is 11.1 Å². The van der Waals surface area contributed by atoms with E-state index in [2.05, 4.69) is 5.32 Å². The van der Waals surface area contributed by atoms with Crippen LogP contribution in [0.1, 0.15) is 24.0 Å². The van der Waals surface area contributed by atoms with E-state index < -0.39 is 40.5 Å². The van der Waals surface area contributed by atoms with E-state index in [-0.39, 0.29) is 12.1 Å². The van der Waals surface area contributed by atoms with Crippen LogP contribution in [-0.4, -0.2) is 33.6 Å². The standard InChI is InChI=1S/C21H20F5NO3S/c22-19(23)20(29,21(24,25)26)15-5-7-16(8-6-15)27-18(28)11-13-3-9-17(10-4-13)31(30)12-14-1-2-14/h3-10,14,19,29H,1-2,11-12H2,(H,27,28)/t20-,31?/m1/s1. The second-order valence-electron chi connectivity index (χ2n) is 7.47. The number of amides is 1. The molecule has 168 valence electrons. The van der Waals surface area contributed by atoms with Gasteiger partial charge in [0.25, 0.3) is 6.43 Å². The maximum atomic E-state index is 12.9. The minimum absolute atomic E-state index is 0.0409. The number of benzene rings is 2. The Labute approximate surface area is 177 Å². The van der Waals surface area contributed by atoms with Gasteiger partial charge in [-0.25, -0.2) is 8.78 Å². The monoisotopic (exact) mass is 461 g/mol. The summed E-state index contributed by atoms with van der Waals surface area (Å²) in [5.41, 5.74) is -4.58. The molecule has 0 bridgehead atoms. The fraction of sp³-hybridized carbons (Fsp3) is 0.381. The fourth-order valence-electron chi connectivity index (χ4n) is 2.97. The van der Waals surface area contributed by atoms with E-state index in [1.54, 1.807) is 24.3 Å². The summed E-state index contributed by atoms with van der Waals surface area (Å²) < 4.78 is 76.7. The van der Waals surface area contributed by atoms with Crippen LogP contribution in [0.15, 0.2) is 53.4 Å². The van der Waals surface area contributed by atoms with Gasteiger partial charge in [0, 0.05) is 16.3 Å². The molecule has 0 aromatic heterocycles. The first kappa shape index (κ1) is 23.3. The summed E-state index contributed by atoms with van der Waals surface area (Å²) in [6.45, 7) is 0. The van der Waals surface area contributed by atoms with Gasteiger partial charge in [-0.05, 0) is 54.2 Å². The lowest BCUT2D eigenvalue weighted by atomic mass is 9.93. The van der Waals surface area contributed by atoms with E-state index in [0.717, 1.165) is 25.0 Å². The van der Waals surface area contributed by atoms with E-state index in [9.17, 15) is 36.1 Å². The molecular formula is C21H20F5NO3S. The number of aliphatic hydroxyl groups is 1. The number of rotatable bonds is 8. The minimum Gasteiger partial charge on any atom is -0.372 e. The average molecular weight is 461 g/mol. The van der Waals surface area contributed by atoms with Crippen molar-refractivity contribution in [2.24, 2.45) is 5.92 Å². The molecule has 2 atom stereocenters. The smallest absolute Gasteiger partial charge is 0.372 e. The number of alkyl halides is 5. The summed E-state index contributed by atoms with van der Waals surface area (Å²) in [6.07, 6.45) is -7.48. The van der Waals surface area contributed by atoms with E-state index in [1.165, 1.54) is 0 Å². The van der Waals surface area contributed by atoms with Crippen LogP contribution >= 0.6 is 0 Å². The van der Waals surface area contributed by atoms with E-state index >= 15 is 0 Å². The van der Waals surface area contributed by atoms with Gasteiger partial charge in [-0.15, -0.1) is 0 Å². The van der Waals surface area contributed by atoms with Gasteiger partial charge in [0.1, 0.15) is 0 Å².